The minimum absolute atomic E-state index is 0.0346. The molecule has 8 heteroatoms. The number of ether oxygens (including phenoxy) is 4. The molecule has 0 aromatic carbocycles. The number of halogens is 3. The molecule has 1 spiro atoms. The smallest absolute Gasteiger partial charge is 0.373 e. The SMILES string of the molecule is CO[C@@H]1C(=O)[C@@H](C)C[C@]2(CO2)[C@H]1[C@@]1(C)O[C@@H]1CCOCC(F)(F)F. The van der Waals surface area contributed by atoms with Crippen molar-refractivity contribution < 1.29 is 36.9 Å². The van der Waals surface area contributed by atoms with Crippen molar-refractivity contribution in [2.75, 3.05) is 26.9 Å². The lowest BCUT2D eigenvalue weighted by molar-refractivity contribution is -0.174. The van der Waals surface area contributed by atoms with Crippen LogP contribution in [-0.2, 0) is 23.7 Å². The molecule has 138 valence electrons. The Morgan fingerprint density at radius 3 is 2.58 bits per heavy atom. The third-order valence-electron chi connectivity index (χ3n) is 5.44. The van der Waals surface area contributed by atoms with Gasteiger partial charge in [-0.15, -0.1) is 0 Å². The molecule has 1 aliphatic carbocycles. The number of rotatable bonds is 6. The highest BCUT2D eigenvalue weighted by Crippen LogP contribution is 2.59. The zero-order chi connectivity index (χ0) is 17.8. The molecule has 2 aliphatic heterocycles. The lowest BCUT2D eigenvalue weighted by Gasteiger charge is -2.40. The highest BCUT2D eigenvalue weighted by Gasteiger charge is 2.72. The van der Waals surface area contributed by atoms with E-state index < -0.39 is 30.1 Å². The van der Waals surface area contributed by atoms with Gasteiger partial charge in [0.2, 0.25) is 0 Å². The van der Waals surface area contributed by atoms with Crippen LogP contribution in [0.1, 0.15) is 26.7 Å². The number of hydrogen-bond acceptors (Lipinski definition) is 5. The summed E-state index contributed by atoms with van der Waals surface area (Å²) in [6, 6.07) is 0. The van der Waals surface area contributed by atoms with Gasteiger partial charge in [0.05, 0.1) is 18.6 Å². The Labute approximate surface area is 138 Å². The molecule has 3 rings (SSSR count). The number of methoxy groups -OCH3 is 1. The Morgan fingerprint density at radius 1 is 1.38 bits per heavy atom. The van der Waals surface area contributed by atoms with Gasteiger partial charge >= 0.3 is 6.18 Å². The van der Waals surface area contributed by atoms with E-state index in [0.717, 1.165) is 0 Å². The first-order chi connectivity index (χ1) is 11.1. The van der Waals surface area contributed by atoms with Crippen LogP contribution in [-0.4, -0.2) is 62.3 Å². The van der Waals surface area contributed by atoms with Crippen molar-refractivity contribution in [2.24, 2.45) is 11.8 Å². The van der Waals surface area contributed by atoms with Crippen molar-refractivity contribution in [3.63, 3.8) is 0 Å². The van der Waals surface area contributed by atoms with Crippen LogP contribution in [0.5, 0.6) is 0 Å². The van der Waals surface area contributed by atoms with Crippen LogP contribution in [0.15, 0.2) is 0 Å². The van der Waals surface area contributed by atoms with E-state index in [1.807, 2.05) is 13.8 Å². The zero-order valence-corrected chi connectivity index (χ0v) is 14.0. The Balaban J connectivity index is 1.62. The second-order valence-electron chi connectivity index (χ2n) is 7.24. The monoisotopic (exact) mass is 352 g/mol. The number of carbonyl (C=O) groups is 1. The minimum Gasteiger partial charge on any atom is -0.373 e. The number of Topliss-reactive ketones (excluding diaryl/α,β-unsaturated/α-hetero) is 1. The second kappa shape index (κ2) is 5.93. The standard InChI is InChI=1S/C16H23F3O5/c1-9-6-15(7-23-15)13(12(21-3)11(9)20)14(2)10(24-14)4-5-22-8-16(17,18)19/h9-10,12-13H,4-8H2,1-3H3/t9-,10+,12+,13+,14-,15-/m0/s1. The molecule has 1 saturated carbocycles. The third-order valence-corrected chi connectivity index (χ3v) is 5.44. The average Bonchev–Trinajstić information content (AvgIpc) is 3.37. The molecule has 0 aromatic heterocycles. The Bertz CT molecular complexity index is 504. The molecule has 3 aliphatic rings. The van der Waals surface area contributed by atoms with Crippen molar-refractivity contribution in [1.82, 2.24) is 0 Å². The molecule has 3 fully saturated rings. The van der Waals surface area contributed by atoms with Crippen molar-refractivity contribution in [2.45, 2.75) is 56.3 Å². The molecule has 0 bridgehead atoms. The van der Waals surface area contributed by atoms with Gasteiger partial charge in [0.15, 0.2) is 5.78 Å². The van der Waals surface area contributed by atoms with Gasteiger partial charge < -0.3 is 18.9 Å². The largest absolute Gasteiger partial charge is 0.411 e. The summed E-state index contributed by atoms with van der Waals surface area (Å²) in [7, 11) is 1.50. The van der Waals surface area contributed by atoms with Crippen LogP contribution in [0.2, 0.25) is 0 Å². The van der Waals surface area contributed by atoms with Crippen molar-refractivity contribution >= 4 is 5.78 Å². The van der Waals surface area contributed by atoms with Gasteiger partial charge in [-0.2, -0.15) is 13.2 Å². The van der Waals surface area contributed by atoms with E-state index in [9.17, 15) is 18.0 Å². The van der Waals surface area contributed by atoms with Crippen LogP contribution >= 0.6 is 0 Å². The number of epoxide rings is 2. The maximum Gasteiger partial charge on any atom is 0.411 e. The topological polar surface area (TPSA) is 60.6 Å². The molecule has 0 N–H and O–H groups in total. The number of carbonyl (C=O) groups excluding carboxylic acids is 1. The number of ketones is 1. The molecule has 0 amide bonds. The first-order valence-electron chi connectivity index (χ1n) is 8.16. The fraction of sp³-hybridized carbons (Fsp3) is 0.938. The summed E-state index contributed by atoms with van der Waals surface area (Å²) in [4.78, 5) is 12.4. The van der Waals surface area contributed by atoms with E-state index in [0.29, 0.717) is 19.4 Å². The van der Waals surface area contributed by atoms with Crippen LogP contribution in [0.4, 0.5) is 13.2 Å². The van der Waals surface area contributed by atoms with Crippen molar-refractivity contribution in [1.29, 1.82) is 0 Å². The van der Waals surface area contributed by atoms with E-state index in [1.54, 1.807) is 0 Å². The van der Waals surface area contributed by atoms with Gasteiger partial charge in [0, 0.05) is 19.6 Å². The molecule has 0 radical (unpaired) electrons. The molecule has 24 heavy (non-hydrogen) atoms. The zero-order valence-electron chi connectivity index (χ0n) is 14.0. The summed E-state index contributed by atoms with van der Waals surface area (Å²) in [5.41, 5.74) is -1.04. The van der Waals surface area contributed by atoms with E-state index in [-0.39, 0.29) is 30.3 Å². The van der Waals surface area contributed by atoms with Gasteiger partial charge in [-0.3, -0.25) is 4.79 Å². The number of alkyl halides is 3. The van der Waals surface area contributed by atoms with E-state index in [2.05, 4.69) is 4.74 Å². The third kappa shape index (κ3) is 3.21. The summed E-state index contributed by atoms with van der Waals surface area (Å²) in [6.45, 7) is 3.01. The Hall–Kier alpha value is -0.700. The predicted octanol–water partition coefficient (Wildman–Crippen LogP) is 2.12. The van der Waals surface area contributed by atoms with E-state index in [4.69, 9.17) is 14.2 Å². The lowest BCUT2D eigenvalue weighted by atomic mass is 9.66. The summed E-state index contributed by atoms with van der Waals surface area (Å²) in [6.07, 6.45) is -4.21. The summed E-state index contributed by atoms with van der Waals surface area (Å²) in [5.74, 6) is -0.344. The summed E-state index contributed by atoms with van der Waals surface area (Å²) in [5, 5.41) is 0. The van der Waals surface area contributed by atoms with E-state index in [1.165, 1.54) is 7.11 Å². The molecule has 0 unspecified atom stereocenters. The van der Waals surface area contributed by atoms with Gasteiger partial charge in [-0.05, 0) is 19.8 Å². The summed E-state index contributed by atoms with van der Waals surface area (Å²) >= 11 is 0. The molecule has 5 nitrogen and oxygen atoms in total. The van der Waals surface area contributed by atoms with Gasteiger partial charge in [-0.25, -0.2) is 0 Å². The maximum absolute atomic E-state index is 12.4. The summed E-state index contributed by atoms with van der Waals surface area (Å²) < 4.78 is 57.9. The highest BCUT2D eigenvalue weighted by atomic mass is 19.4. The van der Waals surface area contributed by atoms with Crippen molar-refractivity contribution in [3.05, 3.63) is 0 Å². The van der Waals surface area contributed by atoms with Crippen LogP contribution in [0.25, 0.3) is 0 Å². The molecule has 2 heterocycles. The normalized spacial score (nSPS) is 44.8. The molecule has 0 aromatic rings. The fourth-order valence-corrected chi connectivity index (χ4v) is 4.20. The molecular weight excluding hydrogens is 329 g/mol. The van der Waals surface area contributed by atoms with Crippen molar-refractivity contribution in [3.8, 4) is 0 Å². The fourth-order valence-electron chi connectivity index (χ4n) is 4.20. The molecule has 2 saturated heterocycles. The van der Waals surface area contributed by atoms with Gasteiger partial charge in [0.25, 0.3) is 0 Å². The first-order valence-corrected chi connectivity index (χ1v) is 8.16. The lowest BCUT2D eigenvalue weighted by Crippen LogP contribution is -2.55. The highest BCUT2D eigenvalue weighted by molar-refractivity contribution is 5.87. The van der Waals surface area contributed by atoms with Crippen LogP contribution in [0.3, 0.4) is 0 Å². The van der Waals surface area contributed by atoms with Gasteiger partial charge in [-0.1, -0.05) is 6.92 Å². The average molecular weight is 352 g/mol. The maximum atomic E-state index is 12.4. The molecular formula is C16H23F3O5. The Morgan fingerprint density at radius 2 is 2.04 bits per heavy atom. The first kappa shape index (κ1) is 18.1. The minimum atomic E-state index is -4.33. The van der Waals surface area contributed by atoms with Gasteiger partial charge in [0.1, 0.15) is 23.9 Å². The second-order valence-corrected chi connectivity index (χ2v) is 7.24. The number of hydrogen-bond donors (Lipinski definition) is 0. The molecule has 6 atom stereocenters. The van der Waals surface area contributed by atoms with E-state index >= 15 is 0 Å². The van der Waals surface area contributed by atoms with Crippen LogP contribution in [0, 0.1) is 11.8 Å². The van der Waals surface area contributed by atoms with Crippen LogP contribution < -0.4 is 0 Å². The predicted molar refractivity (Wildman–Crippen MR) is 76.5 cm³/mol. The quantitative estimate of drug-likeness (QED) is 0.541. The Kier molecular flexibility index (Phi) is 4.47.